The third kappa shape index (κ3) is 3.76. The molecule has 0 bridgehead atoms. The fourth-order valence-electron chi connectivity index (χ4n) is 3.72. The SMILES string of the molecule is Cc1nn(C)c(C)c1CC(=O)N1CCC(C(O)c2ccccc2)CC1. The summed E-state index contributed by atoms with van der Waals surface area (Å²) in [6.45, 7) is 5.39. The van der Waals surface area contributed by atoms with E-state index in [0.29, 0.717) is 19.5 Å². The third-order valence-corrected chi connectivity index (χ3v) is 5.47. The van der Waals surface area contributed by atoms with Gasteiger partial charge in [-0.05, 0) is 38.2 Å². The number of aliphatic hydroxyl groups is 1. The van der Waals surface area contributed by atoms with Gasteiger partial charge in [-0.1, -0.05) is 30.3 Å². The Morgan fingerprint density at radius 2 is 1.88 bits per heavy atom. The molecule has 1 atom stereocenters. The number of amides is 1. The fourth-order valence-corrected chi connectivity index (χ4v) is 3.72. The average Bonchev–Trinajstić information content (AvgIpc) is 2.88. The van der Waals surface area contributed by atoms with Gasteiger partial charge in [0, 0.05) is 31.4 Å². The number of likely N-dealkylation sites (tertiary alicyclic amines) is 1. The summed E-state index contributed by atoms with van der Waals surface area (Å²) in [6, 6.07) is 9.80. The van der Waals surface area contributed by atoms with E-state index in [1.807, 2.05) is 60.8 Å². The minimum atomic E-state index is -0.443. The van der Waals surface area contributed by atoms with Crippen LogP contribution in [0.4, 0.5) is 0 Å². The second-order valence-electron chi connectivity index (χ2n) is 7.02. The molecule has 1 fully saturated rings. The molecular weight excluding hydrogens is 314 g/mol. The highest BCUT2D eigenvalue weighted by Gasteiger charge is 2.28. The molecule has 3 rings (SSSR count). The monoisotopic (exact) mass is 341 g/mol. The summed E-state index contributed by atoms with van der Waals surface area (Å²) in [6.07, 6.45) is 1.65. The van der Waals surface area contributed by atoms with Gasteiger partial charge in [-0.3, -0.25) is 9.48 Å². The van der Waals surface area contributed by atoms with E-state index in [-0.39, 0.29) is 11.8 Å². The van der Waals surface area contributed by atoms with Gasteiger partial charge in [0.05, 0.1) is 18.2 Å². The first kappa shape index (κ1) is 17.7. The Balaban J connectivity index is 1.57. The molecule has 1 saturated heterocycles. The quantitative estimate of drug-likeness (QED) is 0.930. The molecule has 1 unspecified atom stereocenters. The molecule has 0 aliphatic carbocycles. The van der Waals surface area contributed by atoms with E-state index in [0.717, 1.165) is 35.4 Å². The van der Waals surface area contributed by atoms with Crippen LogP contribution in [0.2, 0.25) is 0 Å². The van der Waals surface area contributed by atoms with Crippen molar-refractivity contribution in [2.75, 3.05) is 13.1 Å². The van der Waals surface area contributed by atoms with Crippen LogP contribution in [0.15, 0.2) is 30.3 Å². The molecule has 1 aliphatic heterocycles. The second kappa shape index (κ2) is 7.40. The van der Waals surface area contributed by atoms with E-state index in [9.17, 15) is 9.90 Å². The second-order valence-corrected chi connectivity index (χ2v) is 7.02. The van der Waals surface area contributed by atoms with E-state index in [4.69, 9.17) is 0 Å². The molecule has 5 heteroatoms. The normalized spacial score (nSPS) is 16.9. The highest BCUT2D eigenvalue weighted by atomic mass is 16.3. The molecule has 134 valence electrons. The van der Waals surface area contributed by atoms with Crippen LogP contribution in [-0.4, -0.2) is 38.8 Å². The molecule has 1 N–H and O–H groups in total. The third-order valence-electron chi connectivity index (χ3n) is 5.47. The molecule has 5 nitrogen and oxygen atoms in total. The number of carbonyl (C=O) groups excluding carboxylic acids is 1. The van der Waals surface area contributed by atoms with Crippen LogP contribution >= 0.6 is 0 Å². The lowest BCUT2D eigenvalue weighted by Gasteiger charge is -2.34. The number of aryl methyl sites for hydroxylation is 2. The van der Waals surface area contributed by atoms with Crippen molar-refractivity contribution in [2.24, 2.45) is 13.0 Å². The van der Waals surface area contributed by atoms with Gasteiger partial charge in [0.15, 0.2) is 0 Å². The summed E-state index contributed by atoms with van der Waals surface area (Å²) in [7, 11) is 1.91. The first-order valence-corrected chi connectivity index (χ1v) is 8.97. The summed E-state index contributed by atoms with van der Waals surface area (Å²) in [5.74, 6) is 0.375. The maximum atomic E-state index is 12.7. The number of carbonyl (C=O) groups is 1. The topological polar surface area (TPSA) is 58.4 Å². The Morgan fingerprint density at radius 3 is 2.44 bits per heavy atom. The molecule has 1 aromatic heterocycles. The first-order chi connectivity index (χ1) is 12.0. The average molecular weight is 341 g/mol. The lowest BCUT2D eigenvalue weighted by atomic mass is 9.87. The summed E-state index contributed by atoms with van der Waals surface area (Å²) in [4.78, 5) is 14.6. The van der Waals surface area contributed by atoms with Crippen LogP contribution in [0.5, 0.6) is 0 Å². The molecule has 2 aromatic rings. The Bertz CT molecular complexity index is 731. The molecular formula is C20H27N3O2. The van der Waals surface area contributed by atoms with Crippen LogP contribution < -0.4 is 0 Å². The van der Waals surface area contributed by atoms with Crippen LogP contribution in [0.1, 0.15) is 41.5 Å². The number of rotatable bonds is 4. The predicted molar refractivity (Wildman–Crippen MR) is 97.1 cm³/mol. The minimum absolute atomic E-state index is 0.159. The Kier molecular flexibility index (Phi) is 5.23. The van der Waals surface area contributed by atoms with Crippen LogP contribution in [0, 0.1) is 19.8 Å². The van der Waals surface area contributed by atoms with Crippen molar-refractivity contribution in [3.05, 3.63) is 52.8 Å². The van der Waals surface area contributed by atoms with Crippen molar-refractivity contribution in [3.63, 3.8) is 0 Å². The molecule has 0 radical (unpaired) electrons. The lowest BCUT2D eigenvalue weighted by molar-refractivity contribution is -0.132. The number of piperidine rings is 1. The number of aromatic nitrogens is 2. The number of aliphatic hydroxyl groups excluding tert-OH is 1. The Morgan fingerprint density at radius 1 is 1.24 bits per heavy atom. The van der Waals surface area contributed by atoms with Gasteiger partial charge in [-0.2, -0.15) is 5.10 Å². The van der Waals surface area contributed by atoms with Crippen LogP contribution in [0.25, 0.3) is 0 Å². The van der Waals surface area contributed by atoms with Gasteiger partial charge in [0.25, 0.3) is 0 Å². The summed E-state index contributed by atoms with van der Waals surface area (Å²) in [5.41, 5.74) is 4.00. The van der Waals surface area contributed by atoms with E-state index in [1.165, 1.54) is 0 Å². The van der Waals surface area contributed by atoms with Gasteiger partial charge in [-0.15, -0.1) is 0 Å². The van der Waals surface area contributed by atoms with Crippen molar-refractivity contribution in [3.8, 4) is 0 Å². The lowest BCUT2D eigenvalue weighted by Crippen LogP contribution is -2.40. The fraction of sp³-hybridized carbons (Fsp3) is 0.500. The summed E-state index contributed by atoms with van der Waals surface area (Å²) >= 11 is 0. The smallest absolute Gasteiger partial charge is 0.227 e. The first-order valence-electron chi connectivity index (χ1n) is 8.97. The molecule has 1 aromatic carbocycles. The van der Waals surface area contributed by atoms with Crippen molar-refractivity contribution < 1.29 is 9.90 Å². The minimum Gasteiger partial charge on any atom is -0.388 e. The number of nitrogens with zero attached hydrogens (tertiary/aromatic N) is 3. The molecule has 0 spiro atoms. The summed E-state index contributed by atoms with van der Waals surface area (Å²) in [5, 5.41) is 15.0. The Labute approximate surface area is 149 Å². The van der Waals surface area contributed by atoms with Crippen LogP contribution in [-0.2, 0) is 18.3 Å². The maximum Gasteiger partial charge on any atom is 0.227 e. The van der Waals surface area contributed by atoms with Gasteiger partial charge in [0.1, 0.15) is 0 Å². The molecule has 1 amide bonds. The zero-order valence-corrected chi connectivity index (χ0v) is 15.3. The van der Waals surface area contributed by atoms with Gasteiger partial charge < -0.3 is 10.0 Å². The van der Waals surface area contributed by atoms with Crippen LogP contribution in [0.3, 0.4) is 0 Å². The van der Waals surface area contributed by atoms with E-state index >= 15 is 0 Å². The standard InChI is InChI=1S/C20H27N3O2/c1-14-18(15(2)22(3)21-14)13-19(24)23-11-9-17(10-12-23)20(25)16-7-5-4-6-8-16/h4-8,17,20,25H,9-13H2,1-3H3. The molecule has 0 saturated carbocycles. The van der Waals surface area contributed by atoms with Gasteiger partial charge in [-0.25, -0.2) is 0 Å². The maximum absolute atomic E-state index is 12.7. The highest BCUT2D eigenvalue weighted by Crippen LogP contribution is 2.30. The molecule has 25 heavy (non-hydrogen) atoms. The van der Waals surface area contributed by atoms with Crippen molar-refractivity contribution in [2.45, 2.75) is 39.2 Å². The van der Waals surface area contributed by atoms with E-state index in [1.54, 1.807) is 0 Å². The predicted octanol–water partition coefficient (Wildman–Crippen LogP) is 2.55. The largest absolute Gasteiger partial charge is 0.388 e. The zero-order valence-electron chi connectivity index (χ0n) is 15.3. The summed E-state index contributed by atoms with van der Waals surface area (Å²) < 4.78 is 1.83. The van der Waals surface area contributed by atoms with Gasteiger partial charge in [0.2, 0.25) is 5.91 Å². The van der Waals surface area contributed by atoms with Crippen molar-refractivity contribution >= 4 is 5.91 Å². The Hall–Kier alpha value is -2.14. The molecule has 2 heterocycles. The number of hydrogen-bond donors (Lipinski definition) is 1. The number of hydrogen-bond acceptors (Lipinski definition) is 3. The van der Waals surface area contributed by atoms with Crippen molar-refractivity contribution in [1.29, 1.82) is 0 Å². The zero-order chi connectivity index (χ0) is 18.0. The van der Waals surface area contributed by atoms with E-state index in [2.05, 4.69) is 5.10 Å². The molecule has 1 aliphatic rings. The van der Waals surface area contributed by atoms with Gasteiger partial charge >= 0.3 is 0 Å². The highest BCUT2D eigenvalue weighted by molar-refractivity contribution is 5.79. The number of benzene rings is 1. The van der Waals surface area contributed by atoms with Crippen molar-refractivity contribution in [1.82, 2.24) is 14.7 Å². The van der Waals surface area contributed by atoms with E-state index < -0.39 is 6.10 Å².